The first-order chi connectivity index (χ1) is 12.3. The van der Waals surface area contributed by atoms with Gasteiger partial charge in [0, 0.05) is 13.5 Å². The van der Waals surface area contributed by atoms with E-state index in [1.807, 2.05) is 0 Å². The van der Waals surface area contributed by atoms with E-state index >= 15 is 0 Å². The number of hydrogen-bond donors (Lipinski definition) is 1. The van der Waals surface area contributed by atoms with E-state index in [-0.39, 0.29) is 54.8 Å². The van der Waals surface area contributed by atoms with Crippen LogP contribution in [0.2, 0.25) is 0 Å². The normalized spacial score (nSPS) is 24.5. The molecule has 3 heterocycles. The van der Waals surface area contributed by atoms with Gasteiger partial charge in [0.15, 0.2) is 5.16 Å². The molecule has 3 rings (SSSR count). The number of hydrogen-bond acceptors (Lipinski definition) is 10. The zero-order valence-corrected chi connectivity index (χ0v) is 17.4. The van der Waals surface area contributed by atoms with E-state index in [9.17, 15) is 24.3 Å². The van der Waals surface area contributed by atoms with Gasteiger partial charge < -0.3 is 24.5 Å². The third-order valence-electron chi connectivity index (χ3n) is 3.80. The van der Waals surface area contributed by atoms with Gasteiger partial charge >= 0.3 is 35.5 Å². The summed E-state index contributed by atoms with van der Waals surface area (Å²) in [7, 11) is 1.72. The predicted molar refractivity (Wildman–Crippen MR) is 79.5 cm³/mol. The van der Waals surface area contributed by atoms with Crippen molar-refractivity contribution >= 4 is 35.5 Å². The number of aliphatic carboxylic acids is 1. The fourth-order valence-corrected chi connectivity index (χ4v) is 3.21. The second-order valence-corrected chi connectivity index (χ2v) is 6.55. The van der Waals surface area contributed by atoms with Crippen LogP contribution in [0.5, 0.6) is 0 Å². The first-order valence-corrected chi connectivity index (χ1v) is 8.48. The van der Waals surface area contributed by atoms with E-state index in [2.05, 4.69) is 15.5 Å². The van der Waals surface area contributed by atoms with Crippen molar-refractivity contribution in [3.63, 3.8) is 0 Å². The second kappa shape index (κ2) is 8.56. The molecule has 140 valence electrons. The molecule has 0 saturated carbocycles. The van der Waals surface area contributed by atoms with Gasteiger partial charge in [-0.25, -0.2) is 0 Å². The van der Waals surface area contributed by atoms with E-state index < -0.39 is 35.5 Å². The zero-order chi connectivity index (χ0) is 18.9. The Morgan fingerprint density at radius 3 is 2.78 bits per heavy atom. The summed E-state index contributed by atoms with van der Waals surface area (Å²) in [5.41, 5.74) is -2.30. The minimum Gasteiger partial charge on any atom is -0.544 e. The van der Waals surface area contributed by atoms with Crippen LogP contribution < -0.4 is 40.0 Å². The van der Waals surface area contributed by atoms with Crippen LogP contribution in [-0.2, 0) is 35.8 Å². The predicted octanol–water partition coefficient (Wildman–Crippen LogP) is -6.05. The number of cyclic esters (lactones) is 1. The molecule has 0 bridgehead atoms. The molecule has 2 atom stereocenters. The Morgan fingerprint density at radius 1 is 1.48 bits per heavy atom. The molecule has 2 aliphatic rings. The molecule has 1 aromatic heterocycles. The summed E-state index contributed by atoms with van der Waals surface area (Å²) in [4.78, 5) is 52.2. The molecule has 2 amide bonds. The number of aromatic nitrogens is 3. The van der Waals surface area contributed by atoms with Gasteiger partial charge in [-0.2, -0.15) is 5.06 Å². The molecule has 0 aliphatic carbocycles. The molecule has 1 N–H and O–H groups in total. The Bertz CT molecular complexity index is 774. The SMILES string of the molecule is Cn1cnnc1SCC(=O)N[C@H]1CON(C2(C(=O)[O-])CCC(=O)O2)C1=O.[Na+]. The van der Waals surface area contributed by atoms with Crippen molar-refractivity contribution in [3.8, 4) is 0 Å². The van der Waals surface area contributed by atoms with Crippen molar-refractivity contribution in [1.82, 2.24) is 25.1 Å². The maximum atomic E-state index is 12.4. The smallest absolute Gasteiger partial charge is 0.544 e. The van der Waals surface area contributed by atoms with E-state index in [1.165, 1.54) is 6.33 Å². The van der Waals surface area contributed by atoms with Crippen LogP contribution in [0.3, 0.4) is 0 Å². The van der Waals surface area contributed by atoms with Crippen molar-refractivity contribution in [2.75, 3.05) is 12.4 Å². The summed E-state index contributed by atoms with van der Waals surface area (Å²) < 4.78 is 6.40. The summed E-state index contributed by atoms with van der Waals surface area (Å²) in [5, 5.41) is 22.3. The van der Waals surface area contributed by atoms with Gasteiger partial charge in [0.1, 0.15) is 24.9 Å². The number of rotatable bonds is 6. The fourth-order valence-electron chi connectivity index (χ4n) is 2.51. The summed E-state index contributed by atoms with van der Waals surface area (Å²) in [6, 6.07) is -1.10. The van der Waals surface area contributed by atoms with Crippen LogP contribution in [-0.4, -0.2) is 67.7 Å². The van der Waals surface area contributed by atoms with Crippen LogP contribution in [0.4, 0.5) is 0 Å². The quantitative estimate of drug-likeness (QED) is 0.274. The number of nitrogens with one attached hydrogen (secondary N) is 1. The monoisotopic (exact) mass is 407 g/mol. The fraction of sp³-hybridized carbons (Fsp3) is 0.538. The van der Waals surface area contributed by atoms with Gasteiger partial charge in [-0.15, -0.1) is 10.2 Å². The Balaban J connectivity index is 0.00000261. The molecule has 2 aliphatic heterocycles. The Kier molecular flexibility index (Phi) is 6.86. The second-order valence-electron chi connectivity index (χ2n) is 5.61. The number of carbonyl (C=O) groups excluding carboxylic acids is 4. The molecule has 0 radical (unpaired) electrons. The number of amides is 2. The van der Waals surface area contributed by atoms with Crippen LogP contribution in [0, 0.1) is 0 Å². The molecule has 0 aromatic carbocycles. The minimum absolute atomic E-state index is 0. The number of esters is 1. The van der Waals surface area contributed by atoms with Crippen molar-refractivity contribution in [1.29, 1.82) is 0 Å². The Morgan fingerprint density at radius 2 is 2.22 bits per heavy atom. The van der Waals surface area contributed by atoms with Crippen molar-refractivity contribution in [3.05, 3.63) is 6.33 Å². The zero-order valence-electron chi connectivity index (χ0n) is 14.5. The standard InChI is InChI=1S/C13H15N5O7S.Na/c1-17-6-14-16-12(17)26-5-8(19)15-7-4-24-18(10(7)21)13(11(22)23)3-2-9(20)25-13;/h6-7H,2-5H2,1H3,(H,15,19)(H,22,23);/q;+1/p-1/t7-,13?;/m0./s1. The Hall–Kier alpha value is -1.67. The molecule has 27 heavy (non-hydrogen) atoms. The number of carboxylic acid groups (broad SMARTS) is 1. The van der Waals surface area contributed by atoms with Crippen LogP contribution in [0.25, 0.3) is 0 Å². The number of ether oxygens (including phenoxy) is 1. The van der Waals surface area contributed by atoms with Crippen molar-refractivity contribution in [2.24, 2.45) is 7.05 Å². The average Bonchev–Trinajstić information content (AvgIpc) is 3.27. The molecule has 2 saturated heterocycles. The van der Waals surface area contributed by atoms with Gasteiger partial charge in [0.25, 0.3) is 11.6 Å². The van der Waals surface area contributed by atoms with Gasteiger partial charge in [-0.1, -0.05) is 11.8 Å². The average molecular weight is 407 g/mol. The van der Waals surface area contributed by atoms with Crippen molar-refractivity contribution < 1.29 is 63.4 Å². The molecule has 1 aromatic rings. The molecule has 2 fully saturated rings. The third kappa shape index (κ3) is 4.27. The van der Waals surface area contributed by atoms with E-state index in [0.717, 1.165) is 11.8 Å². The molecular formula is C13H14N5NaO7S. The van der Waals surface area contributed by atoms with Gasteiger partial charge in [0.05, 0.1) is 12.2 Å². The third-order valence-corrected chi connectivity index (χ3v) is 4.84. The number of nitrogens with zero attached hydrogens (tertiary/aromatic N) is 4. The largest absolute Gasteiger partial charge is 1.00 e. The maximum absolute atomic E-state index is 12.4. The van der Waals surface area contributed by atoms with Crippen LogP contribution in [0.1, 0.15) is 12.8 Å². The number of thioether (sulfide) groups is 1. The Labute approximate surface area is 179 Å². The molecule has 0 spiro atoms. The molecule has 1 unspecified atom stereocenters. The first-order valence-electron chi connectivity index (χ1n) is 7.50. The number of carbonyl (C=O) groups is 4. The van der Waals surface area contributed by atoms with E-state index in [1.54, 1.807) is 11.6 Å². The minimum atomic E-state index is -2.30. The topological polar surface area (TPSA) is 156 Å². The van der Waals surface area contributed by atoms with E-state index in [4.69, 9.17) is 9.57 Å². The van der Waals surface area contributed by atoms with Gasteiger partial charge in [-0.05, 0) is 0 Å². The number of carboxylic acids is 1. The summed E-state index contributed by atoms with van der Waals surface area (Å²) in [5.74, 6) is -3.88. The molecule has 12 nitrogen and oxygen atoms in total. The summed E-state index contributed by atoms with van der Waals surface area (Å²) >= 11 is 1.12. The first kappa shape index (κ1) is 21.6. The summed E-state index contributed by atoms with van der Waals surface area (Å²) in [6.07, 6.45) is 1.00. The molecule has 14 heteroatoms. The number of aryl methyl sites for hydroxylation is 1. The van der Waals surface area contributed by atoms with Crippen LogP contribution >= 0.6 is 11.8 Å². The van der Waals surface area contributed by atoms with Gasteiger partial charge in [-0.3, -0.25) is 19.2 Å². The van der Waals surface area contributed by atoms with E-state index in [0.29, 0.717) is 10.2 Å². The van der Waals surface area contributed by atoms with Crippen molar-refractivity contribution in [2.45, 2.75) is 29.8 Å². The maximum Gasteiger partial charge on any atom is 1.00 e. The van der Waals surface area contributed by atoms with Crippen LogP contribution in [0.15, 0.2) is 11.5 Å². The van der Waals surface area contributed by atoms with Gasteiger partial charge in [0.2, 0.25) is 5.91 Å². The summed E-state index contributed by atoms with van der Waals surface area (Å²) in [6.45, 7) is -0.286. The number of hydroxylamine groups is 2. The molecular weight excluding hydrogens is 393 g/mol.